The fourth-order valence-corrected chi connectivity index (χ4v) is 4.51. The number of hydrogen-bond acceptors (Lipinski definition) is 6. The highest BCUT2D eigenvalue weighted by molar-refractivity contribution is 7.15. The Balaban J connectivity index is 1.71. The third kappa shape index (κ3) is 2.76. The summed E-state index contributed by atoms with van der Waals surface area (Å²) in [5, 5.41) is 23.9. The quantitative estimate of drug-likeness (QED) is 0.803. The monoisotopic (exact) mass is 331 g/mol. The van der Waals surface area contributed by atoms with Gasteiger partial charge in [0.05, 0.1) is 17.2 Å². The SMILES string of the molecule is OCc1cc(N2CCCC2)ccc1-c1nc2c(s1)[C@@H](O)CNC2. The van der Waals surface area contributed by atoms with E-state index < -0.39 is 6.10 Å². The van der Waals surface area contributed by atoms with E-state index >= 15 is 0 Å². The molecule has 4 rings (SSSR count). The number of aromatic nitrogens is 1. The number of benzene rings is 1. The number of aliphatic hydroxyl groups is 2. The summed E-state index contributed by atoms with van der Waals surface area (Å²) in [5.41, 5.74) is 3.99. The molecule has 2 aromatic rings. The largest absolute Gasteiger partial charge is 0.392 e. The van der Waals surface area contributed by atoms with Crippen molar-refractivity contribution in [1.82, 2.24) is 10.3 Å². The number of β-amino-alcohol motifs (C(OH)–C–C–N with tert-alkyl or cyclic N) is 1. The lowest BCUT2D eigenvalue weighted by Gasteiger charge is -2.19. The first kappa shape index (κ1) is 15.1. The van der Waals surface area contributed by atoms with Gasteiger partial charge in [-0.05, 0) is 36.6 Å². The zero-order valence-corrected chi connectivity index (χ0v) is 13.8. The highest BCUT2D eigenvalue weighted by Crippen LogP contribution is 2.36. The predicted octanol–water partition coefficient (Wildman–Crippen LogP) is 2.04. The molecule has 6 heteroatoms. The summed E-state index contributed by atoms with van der Waals surface area (Å²) in [5.74, 6) is 0. The lowest BCUT2D eigenvalue weighted by molar-refractivity contribution is 0.168. The second-order valence-corrected chi connectivity index (χ2v) is 7.20. The van der Waals surface area contributed by atoms with E-state index in [1.54, 1.807) is 0 Å². The molecule has 1 aromatic carbocycles. The number of thiazole rings is 1. The van der Waals surface area contributed by atoms with Crippen LogP contribution in [0.4, 0.5) is 5.69 Å². The summed E-state index contributed by atoms with van der Waals surface area (Å²) < 4.78 is 0. The molecule has 122 valence electrons. The van der Waals surface area contributed by atoms with E-state index in [0.29, 0.717) is 13.1 Å². The van der Waals surface area contributed by atoms with E-state index in [1.165, 1.54) is 29.9 Å². The van der Waals surface area contributed by atoms with E-state index in [0.717, 1.165) is 39.8 Å². The Morgan fingerprint density at radius 1 is 1.30 bits per heavy atom. The van der Waals surface area contributed by atoms with E-state index in [4.69, 9.17) is 0 Å². The Hall–Kier alpha value is -1.47. The van der Waals surface area contributed by atoms with Crippen molar-refractivity contribution < 1.29 is 10.2 Å². The van der Waals surface area contributed by atoms with Crippen LogP contribution in [0.2, 0.25) is 0 Å². The maximum absolute atomic E-state index is 10.1. The van der Waals surface area contributed by atoms with Crippen LogP contribution in [0.5, 0.6) is 0 Å². The summed E-state index contributed by atoms with van der Waals surface area (Å²) in [4.78, 5) is 7.99. The molecule has 3 heterocycles. The summed E-state index contributed by atoms with van der Waals surface area (Å²) in [6.07, 6.45) is 1.99. The lowest BCUT2D eigenvalue weighted by Crippen LogP contribution is -2.26. The Kier molecular flexibility index (Phi) is 4.07. The Bertz CT molecular complexity index is 710. The normalized spacial score (nSPS) is 20.8. The van der Waals surface area contributed by atoms with Gasteiger partial charge in [-0.2, -0.15) is 0 Å². The van der Waals surface area contributed by atoms with Crippen LogP contribution in [0.3, 0.4) is 0 Å². The van der Waals surface area contributed by atoms with Crippen LogP contribution >= 0.6 is 11.3 Å². The average Bonchev–Trinajstić information content (AvgIpc) is 3.24. The van der Waals surface area contributed by atoms with Crippen molar-refractivity contribution in [3.05, 3.63) is 34.3 Å². The first-order valence-corrected chi connectivity index (χ1v) is 8.95. The fraction of sp³-hybridized carbons (Fsp3) is 0.471. The molecular formula is C17H21N3O2S. The molecule has 2 aliphatic heterocycles. The second-order valence-electron chi connectivity index (χ2n) is 6.17. The van der Waals surface area contributed by atoms with Crippen molar-refractivity contribution in [1.29, 1.82) is 0 Å². The Morgan fingerprint density at radius 2 is 2.13 bits per heavy atom. The van der Waals surface area contributed by atoms with Gasteiger partial charge in [0.1, 0.15) is 11.1 Å². The summed E-state index contributed by atoms with van der Waals surface area (Å²) in [7, 11) is 0. The van der Waals surface area contributed by atoms with Gasteiger partial charge in [-0.15, -0.1) is 11.3 Å². The standard InChI is InChI=1S/C17H21N3O2S/c21-10-11-7-12(20-5-1-2-6-20)3-4-13(11)17-19-14-8-18-9-15(22)16(14)23-17/h3-4,7,15,18,21-22H,1-2,5-6,8-10H2/t15-/m0/s1. The topological polar surface area (TPSA) is 68.6 Å². The smallest absolute Gasteiger partial charge is 0.124 e. The van der Waals surface area contributed by atoms with Crippen LogP contribution in [0, 0.1) is 0 Å². The molecule has 0 spiro atoms. The Morgan fingerprint density at radius 3 is 2.87 bits per heavy atom. The third-order valence-corrected chi connectivity index (χ3v) is 5.85. The molecule has 3 N–H and O–H groups in total. The number of hydrogen-bond donors (Lipinski definition) is 3. The molecule has 2 aliphatic rings. The number of nitrogens with one attached hydrogen (secondary N) is 1. The summed E-state index contributed by atoms with van der Waals surface area (Å²) in [6.45, 7) is 3.46. The number of nitrogens with zero attached hydrogens (tertiary/aromatic N) is 2. The maximum Gasteiger partial charge on any atom is 0.124 e. The molecular weight excluding hydrogens is 310 g/mol. The minimum absolute atomic E-state index is 0.00205. The average molecular weight is 331 g/mol. The lowest BCUT2D eigenvalue weighted by atomic mass is 10.1. The number of anilines is 1. The summed E-state index contributed by atoms with van der Waals surface area (Å²) in [6, 6.07) is 6.26. The van der Waals surface area contributed by atoms with Crippen molar-refractivity contribution in [3.63, 3.8) is 0 Å². The van der Waals surface area contributed by atoms with Gasteiger partial charge >= 0.3 is 0 Å². The van der Waals surface area contributed by atoms with Crippen LogP contribution in [0.25, 0.3) is 10.6 Å². The number of rotatable bonds is 3. The molecule has 0 amide bonds. The Labute approximate surface area is 139 Å². The van der Waals surface area contributed by atoms with E-state index in [1.807, 2.05) is 0 Å². The van der Waals surface area contributed by atoms with Gasteiger partial charge in [-0.3, -0.25) is 0 Å². The molecule has 1 aromatic heterocycles. The highest BCUT2D eigenvalue weighted by Gasteiger charge is 2.24. The van der Waals surface area contributed by atoms with Crippen molar-refractivity contribution in [2.24, 2.45) is 0 Å². The molecule has 0 bridgehead atoms. The predicted molar refractivity (Wildman–Crippen MR) is 91.6 cm³/mol. The number of fused-ring (bicyclic) bond motifs is 1. The molecule has 0 unspecified atom stereocenters. The zero-order valence-electron chi connectivity index (χ0n) is 13.0. The second kappa shape index (κ2) is 6.20. The van der Waals surface area contributed by atoms with Crippen molar-refractivity contribution in [3.8, 4) is 10.6 Å². The molecule has 1 atom stereocenters. The minimum Gasteiger partial charge on any atom is -0.392 e. The zero-order chi connectivity index (χ0) is 15.8. The minimum atomic E-state index is -0.480. The number of aliphatic hydroxyl groups excluding tert-OH is 2. The van der Waals surface area contributed by atoms with E-state index in [2.05, 4.69) is 33.4 Å². The van der Waals surface area contributed by atoms with E-state index in [9.17, 15) is 10.2 Å². The molecule has 1 saturated heterocycles. The molecule has 0 saturated carbocycles. The first-order chi connectivity index (χ1) is 11.3. The van der Waals surface area contributed by atoms with Crippen LogP contribution in [-0.2, 0) is 13.2 Å². The van der Waals surface area contributed by atoms with Gasteiger partial charge in [-0.25, -0.2) is 4.98 Å². The van der Waals surface area contributed by atoms with Gasteiger partial charge in [0.15, 0.2) is 0 Å². The van der Waals surface area contributed by atoms with Crippen LogP contribution < -0.4 is 10.2 Å². The molecule has 0 radical (unpaired) electrons. The van der Waals surface area contributed by atoms with Gasteiger partial charge in [-0.1, -0.05) is 0 Å². The third-order valence-electron chi connectivity index (χ3n) is 4.62. The van der Waals surface area contributed by atoms with Crippen LogP contribution in [-0.4, -0.2) is 34.8 Å². The van der Waals surface area contributed by atoms with Crippen molar-refractivity contribution in [2.45, 2.75) is 32.1 Å². The fourth-order valence-electron chi connectivity index (χ4n) is 3.38. The van der Waals surface area contributed by atoms with Gasteiger partial charge in [0, 0.05) is 37.4 Å². The van der Waals surface area contributed by atoms with Crippen LogP contribution in [0.15, 0.2) is 18.2 Å². The molecule has 1 fully saturated rings. The van der Waals surface area contributed by atoms with Gasteiger partial charge in [0.2, 0.25) is 0 Å². The summed E-state index contributed by atoms with van der Waals surface area (Å²) >= 11 is 1.54. The van der Waals surface area contributed by atoms with Crippen molar-refractivity contribution >= 4 is 17.0 Å². The maximum atomic E-state index is 10.1. The molecule has 0 aliphatic carbocycles. The highest BCUT2D eigenvalue weighted by atomic mass is 32.1. The van der Waals surface area contributed by atoms with Crippen LogP contribution in [0.1, 0.15) is 35.1 Å². The molecule has 5 nitrogen and oxygen atoms in total. The van der Waals surface area contributed by atoms with Gasteiger partial charge < -0.3 is 20.4 Å². The molecule has 23 heavy (non-hydrogen) atoms. The first-order valence-electron chi connectivity index (χ1n) is 8.14. The van der Waals surface area contributed by atoms with Gasteiger partial charge in [0.25, 0.3) is 0 Å². The van der Waals surface area contributed by atoms with Crippen molar-refractivity contribution in [2.75, 3.05) is 24.5 Å². The van der Waals surface area contributed by atoms with E-state index in [-0.39, 0.29) is 6.61 Å².